The zero-order valence-electron chi connectivity index (χ0n) is 8.86. The number of hydrogen-bond acceptors (Lipinski definition) is 3. The molecule has 1 rings (SSSR count). The van der Waals surface area contributed by atoms with Crippen molar-refractivity contribution in [2.24, 2.45) is 5.14 Å². The van der Waals surface area contributed by atoms with Crippen molar-refractivity contribution in [3.8, 4) is 0 Å². The highest BCUT2D eigenvalue weighted by Crippen LogP contribution is 2.20. The van der Waals surface area contributed by atoms with Gasteiger partial charge in [-0.15, -0.1) is 0 Å². The first-order valence-corrected chi connectivity index (χ1v) is 6.12. The fourth-order valence-corrected chi connectivity index (χ4v) is 1.63. The Kier molecular flexibility index (Phi) is 3.97. The SMILES string of the molecule is NS(=O)(=O)c1ccc(NC(=O)CC(F)(F)F)cc1. The Bertz CT molecular complexity index is 537. The number of carbonyl (C=O) groups excluding carboxylic acids is 1. The molecule has 0 aliphatic carbocycles. The number of sulfonamides is 1. The van der Waals surface area contributed by atoms with E-state index in [9.17, 15) is 26.4 Å². The number of benzene rings is 1. The van der Waals surface area contributed by atoms with Gasteiger partial charge in [-0.3, -0.25) is 4.79 Å². The largest absolute Gasteiger partial charge is 0.397 e. The van der Waals surface area contributed by atoms with E-state index in [2.05, 4.69) is 0 Å². The minimum atomic E-state index is -4.59. The maximum atomic E-state index is 11.9. The maximum Gasteiger partial charge on any atom is 0.397 e. The van der Waals surface area contributed by atoms with E-state index < -0.39 is 28.5 Å². The summed E-state index contributed by atoms with van der Waals surface area (Å²) in [7, 11) is -3.87. The molecule has 1 amide bonds. The highest BCUT2D eigenvalue weighted by atomic mass is 32.2. The van der Waals surface area contributed by atoms with Crippen LogP contribution >= 0.6 is 0 Å². The van der Waals surface area contributed by atoms with Gasteiger partial charge in [0.2, 0.25) is 15.9 Å². The van der Waals surface area contributed by atoms with Crippen LogP contribution in [0.5, 0.6) is 0 Å². The van der Waals surface area contributed by atoms with E-state index in [-0.39, 0.29) is 10.6 Å². The average Bonchev–Trinajstić information content (AvgIpc) is 2.13. The van der Waals surface area contributed by atoms with Crippen LogP contribution in [0.1, 0.15) is 6.42 Å². The van der Waals surface area contributed by atoms with Crippen LogP contribution in [0.3, 0.4) is 0 Å². The van der Waals surface area contributed by atoms with Gasteiger partial charge in [0.25, 0.3) is 0 Å². The van der Waals surface area contributed by atoms with Crippen LogP contribution < -0.4 is 10.5 Å². The van der Waals surface area contributed by atoms with Crippen molar-refractivity contribution < 1.29 is 26.4 Å². The normalized spacial score (nSPS) is 12.2. The van der Waals surface area contributed by atoms with Crippen molar-refractivity contribution in [2.45, 2.75) is 17.5 Å². The standard InChI is InChI=1S/C9H9F3N2O3S/c10-9(11,12)5-8(15)14-6-1-3-7(4-2-6)18(13,16)17/h1-4H,5H2,(H,14,15)(H2,13,16,17). The number of primary sulfonamides is 1. The molecule has 1 aromatic rings. The molecule has 9 heteroatoms. The lowest BCUT2D eigenvalue weighted by Gasteiger charge is -2.08. The van der Waals surface area contributed by atoms with Crippen LogP contribution in [-0.2, 0) is 14.8 Å². The summed E-state index contributed by atoms with van der Waals surface area (Å²) in [5.74, 6) is -1.23. The van der Waals surface area contributed by atoms with E-state index in [1.165, 1.54) is 0 Å². The lowest BCUT2D eigenvalue weighted by Crippen LogP contribution is -2.21. The summed E-state index contributed by atoms with van der Waals surface area (Å²) < 4.78 is 57.4. The van der Waals surface area contributed by atoms with Gasteiger partial charge in [0.05, 0.1) is 4.90 Å². The molecule has 0 aromatic heterocycles. The molecule has 1 aromatic carbocycles. The lowest BCUT2D eigenvalue weighted by molar-refractivity contribution is -0.150. The van der Waals surface area contributed by atoms with Crippen molar-refractivity contribution >= 4 is 21.6 Å². The van der Waals surface area contributed by atoms with E-state index in [1.807, 2.05) is 5.32 Å². The molecule has 0 aliphatic heterocycles. The number of nitrogens with two attached hydrogens (primary N) is 1. The van der Waals surface area contributed by atoms with Gasteiger partial charge in [-0.1, -0.05) is 0 Å². The van der Waals surface area contributed by atoms with Gasteiger partial charge >= 0.3 is 6.18 Å². The fourth-order valence-electron chi connectivity index (χ4n) is 1.12. The topological polar surface area (TPSA) is 89.3 Å². The fraction of sp³-hybridized carbons (Fsp3) is 0.222. The number of nitrogens with one attached hydrogen (secondary N) is 1. The second-order valence-corrected chi connectivity index (χ2v) is 4.97. The van der Waals surface area contributed by atoms with Crippen molar-refractivity contribution in [3.05, 3.63) is 24.3 Å². The van der Waals surface area contributed by atoms with E-state index in [1.54, 1.807) is 0 Å². The van der Waals surface area contributed by atoms with Gasteiger partial charge < -0.3 is 5.32 Å². The second-order valence-electron chi connectivity index (χ2n) is 3.41. The van der Waals surface area contributed by atoms with Gasteiger partial charge in [-0.2, -0.15) is 13.2 Å². The Balaban J connectivity index is 2.73. The lowest BCUT2D eigenvalue weighted by atomic mass is 10.3. The molecule has 18 heavy (non-hydrogen) atoms. The minimum Gasteiger partial charge on any atom is -0.326 e. The quantitative estimate of drug-likeness (QED) is 0.873. The molecule has 100 valence electrons. The highest BCUT2D eigenvalue weighted by molar-refractivity contribution is 7.89. The van der Waals surface area contributed by atoms with E-state index in [4.69, 9.17) is 5.14 Å². The summed E-state index contributed by atoms with van der Waals surface area (Å²) in [6.07, 6.45) is -6.20. The highest BCUT2D eigenvalue weighted by Gasteiger charge is 2.31. The number of alkyl halides is 3. The predicted octanol–water partition coefficient (Wildman–Crippen LogP) is 1.22. The molecular formula is C9H9F3N2O3S. The molecule has 0 spiro atoms. The summed E-state index contributed by atoms with van der Waals surface area (Å²) in [5, 5.41) is 6.81. The number of rotatable bonds is 3. The number of halogens is 3. The number of anilines is 1. The molecule has 0 saturated carbocycles. The average molecular weight is 282 g/mol. The summed E-state index contributed by atoms with van der Waals surface area (Å²) in [6.45, 7) is 0. The van der Waals surface area contributed by atoms with E-state index >= 15 is 0 Å². The first kappa shape index (κ1) is 14.5. The monoisotopic (exact) mass is 282 g/mol. The maximum absolute atomic E-state index is 11.9. The van der Waals surface area contributed by atoms with Gasteiger partial charge in [-0.25, -0.2) is 13.6 Å². The Morgan fingerprint density at radius 1 is 1.22 bits per heavy atom. The van der Waals surface area contributed by atoms with Gasteiger partial charge in [0.1, 0.15) is 6.42 Å². The van der Waals surface area contributed by atoms with Crippen LogP contribution in [0.15, 0.2) is 29.2 Å². The third-order valence-corrected chi connectivity index (χ3v) is 2.76. The van der Waals surface area contributed by atoms with Crippen molar-refractivity contribution in [1.82, 2.24) is 0 Å². The van der Waals surface area contributed by atoms with Crippen molar-refractivity contribution in [2.75, 3.05) is 5.32 Å². The van der Waals surface area contributed by atoms with Crippen LogP contribution in [0.25, 0.3) is 0 Å². The van der Waals surface area contributed by atoms with Gasteiger partial charge in [0, 0.05) is 5.69 Å². The van der Waals surface area contributed by atoms with Crippen LogP contribution in [-0.4, -0.2) is 20.5 Å². The molecule has 0 atom stereocenters. The zero-order valence-corrected chi connectivity index (χ0v) is 9.68. The summed E-state index contributed by atoms with van der Waals surface area (Å²) in [4.78, 5) is 10.7. The molecule has 0 fully saturated rings. The summed E-state index contributed by atoms with van der Waals surface area (Å²) >= 11 is 0. The number of carbonyl (C=O) groups is 1. The van der Waals surface area contributed by atoms with Gasteiger partial charge in [-0.05, 0) is 24.3 Å². The summed E-state index contributed by atoms with van der Waals surface area (Å²) in [5.41, 5.74) is 0.0525. The molecule has 0 aliphatic rings. The van der Waals surface area contributed by atoms with E-state index in [0.717, 1.165) is 24.3 Å². The molecular weight excluding hydrogens is 273 g/mol. The molecule has 0 saturated heterocycles. The third kappa shape index (κ3) is 4.72. The second kappa shape index (κ2) is 4.94. The molecule has 0 heterocycles. The van der Waals surface area contributed by atoms with E-state index in [0.29, 0.717) is 0 Å². The first-order valence-electron chi connectivity index (χ1n) is 4.57. The smallest absolute Gasteiger partial charge is 0.326 e. The van der Waals surface area contributed by atoms with Crippen molar-refractivity contribution in [1.29, 1.82) is 0 Å². The Labute approximate surface area is 101 Å². The molecule has 5 nitrogen and oxygen atoms in total. The van der Waals surface area contributed by atoms with Crippen molar-refractivity contribution in [3.63, 3.8) is 0 Å². The molecule has 0 bridgehead atoms. The Morgan fingerprint density at radius 2 is 1.72 bits per heavy atom. The minimum absolute atomic E-state index is 0.0525. The van der Waals surface area contributed by atoms with Crippen LogP contribution in [0, 0.1) is 0 Å². The van der Waals surface area contributed by atoms with Crippen LogP contribution in [0.2, 0.25) is 0 Å². The third-order valence-electron chi connectivity index (χ3n) is 1.83. The first-order chi connectivity index (χ1) is 8.08. The Hall–Kier alpha value is -1.61. The molecule has 3 N–H and O–H groups in total. The zero-order chi connectivity index (χ0) is 14.0. The summed E-state index contributed by atoms with van der Waals surface area (Å²) in [6, 6.07) is 4.46. The number of hydrogen-bond donors (Lipinski definition) is 2. The predicted molar refractivity (Wildman–Crippen MR) is 57.1 cm³/mol. The van der Waals surface area contributed by atoms with Crippen LogP contribution in [0.4, 0.5) is 18.9 Å². The molecule has 0 radical (unpaired) electrons. The molecule has 0 unspecified atom stereocenters. The Morgan fingerprint density at radius 3 is 2.11 bits per heavy atom. The van der Waals surface area contributed by atoms with Gasteiger partial charge in [0.15, 0.2) is 0 Å². The number of amides is 1.